The van der Waals surface area contributed by atoms with Gasteiger partial charge in [0.05, 0.1) is 23.7 Å². The summed E-state index contributed by atoms with van der Waals surface area (Å²) in [6.45, 7) is 8.52. The normalized spacial score (nSPS) is 17.6. The molecular formula is C12H20N4O3. The molecule has 0 spiro atoms. The van der Waals surface area contributed by atoms with Crippen LogP contribution < -0.4 is 0 Å². The van der Waals surface area contributed by atoms with Gasteiger partial charge in [0.25, 0.3) is 0 Å². The van der Waals surface area contributed by atoms with Crippen LogP contribution in [0, 0.1) is 10.1 Å². The fourth-order valence-electron chi connectivity index (χ4n) is 2.11. The van der Waals surface area contributed by atoms with Crippen LogP contribution in [-0.4, -0.2) is 52.5 Å². The molecule has 2 rings (SSSR count). The van der Waals surface area contributed by atoms with Crippen LogP contribution >= 0.6 is 0 Å². The molecule has 7 nitrogen and oxygen atoms in total. The number of nitrogens with zero attached hydrogens (tertiary/aromatic N) is 4. The summed E-state index contributed by atoms with van der Waals surface area (Å²) in [6, 6.07) is 0. The van der Waals surface area contributed by atoms with Crippen molar-refractivity contribution in [3.8, 4) is 0 Å². The molecule has 0 N–H and O–H groups in total. The molecular weight excluding hydrogens is 248 g/mol. The summed E-state index contributed by atoms with van der Waals surface area (Å²) in [5.74, 6) is 0. The van der Waals surface area contributed by atoms with Gasteiger partial charge < -0.3 is 4.74 Å². The first kappa shape index (κ1) is 14.0. The zero-order valence-electron chi connectivity index (χ0n) is 11.4. The number of hydrogen-bond acceptors (Lipinski definition) is 5. The van der Waals surface area contributed by atoms with Crippen molar-refractivity contribution in [2.24, 2.45) is 0 Å². The highest BCUT2D eigenvalue weighted by Crippen LogP contribution is 2.22. The molecule has 0 amide bonds. The standard InChI is InChI=1S/C12H20N4O3/c1-12(2,3-4-14-5-7-19-8-6-14)15-10-11(9-13-15)16(17)18/h9-10H,3-8H2,1-2H3. The summed E-state index contributed by atoms with van der Waals surface area (Å²) < 4.78 is 7.00. The van der Waals surface area contributed by atoms with Crippen LogP contribution in [0.2, 0.25) is 0 Å². The Balaban J connectivity index is 1.94. The van der Waals surface area contributed by atoms with Gasteiger partial charge in [-0.1, -0.05) is 0 Å². The van der Waals surface area contributed by atoms with E-state index in [4.69, 9.17) is 4.74 Å². The molecule has 0 unspecified atom stereocenters. The molecule has 7 heteroatoms. The van der Waals surface area contributed by atoms with Crippen LogP contribution in [0.25, 0.3) is 0 Å². The third kappa shape index (κ3) is 3.51. The van der Waals surface area contributed by atoms with Crippen molar-refractivity contribution >= 4 is 5.69 Å². The molecule has 0 aromatic carbocycles. The van der Waals surface area contributed by atoms with Gasteiger partial charge in [-0.15, -0.1) is 0 Å². The number of hydrogen-bond donors (Lipinski definition) is 0. The van der Waals surface area contributed by atoms with E-state index in [1.165, 1.54) is 12.4 Å². The largest absolute Gasteiger partial charge is 0.379 e. The van der Waals surface area contributed by atoms with E-state index in [9.17, 15) is 10.1 Å². The molecule has 0 bridgehead atoms. The van der Waals surface area contributed by atoms with Crippen molar-refractivity contribution < 1.29 is 9.66 Å². The molecule has 1 aromatic heterocycles. The van der Waals surface area contributed by atoms with Gasteiger partial charge in [-0.2, -0.15) is 5.10 Å². The van der Waals surface area contributed by atoms with Gasteiger partial charge in [-0.25, -0.2) is 0 Å². The average Bonchev–Trinajstić information content (AvgIpc) is 2.88. The molecule has 1 aromatic rings. The van der Waals surface area contributed by atoms with Crippen molar-refractivity contribution in [1.29, 1.82) is 0 Å². The van der Waals surface area contributed by atoms with Gasteiger partial charge in [0.1, 0.15) is 12.4 Å². The number of nitro groups is 1. The Hall–Kier alpha value is -1.47. The average molecular weight is 268 g/mol. The molecule has 19 heavy (non-hydrogen) atoms. The van der Waals surface area contributed by atoms with Gasteiger partial charge in [0.15, 0.2) is 0 Å². The zero-order chi connectivity index (χ0) is 13.9. The Morgan fingerprint density at radius 3 is 2.74 bits per heavy atom. The van der Waals surface area contributed by atoms with Crippen LogP contribution in [0.5, 0.6) is 0 Å². The topological polar surface area (TPSA) is 73.4 Å². The first-order chi connectivity index (χ1) is 8.99. The van der Waals surface area contributed by atoms with Gasteiger partial charge in [0.2, 0.25) is 0 Å². The predicted molar refractivity (Wildman–Crippen MR) is 70.1 cm³/mol. The molecule has 1 saturated heterocycles. The lowest BCUT2D eigenvalue weighted by Gasteiger charge is -2.31. The Morgan fingerprint density at radius 2 is 2.16 bits per heavy atom. The van der Waals surface area contributed by atoms with Gasteiger partial charge in [-0.05, 0) is 20.3 Å². The SMILES string of the molecule is CC(C)(CCN1CCOCC1)n1cc([N+](=O)[O-])cn1. The Kier molecular flexibility index (Phi) is 4.16. The second kappa shape index (κ2) is 5.66. The van der Waals surface area contributed by atoms with E-state index in [0.717, 1.165) is 39.3 Å². The van der Waals surface area contributed by atoms with E-state index in [1.807, 2.05) is 13.8 Å². The minimum atomic E-state index is -0.415. The maximum atomic E-state index is 10.7. The highest BCUT2D eigenvalue weighted by atomic mass is 16.6. The quantitative estimate of drug-likeness (QED) is 0.593. The molecule has 0 atom stereocenters. The third-order valence-electron chi connectivity index (χ3n) is 3.54. The summed E-state index contributed by atoms with van der Waals surface area (Å²) in [6.07, 6.45) is 3.70. The van der Waals surface area contributed by atoms with E-state index < -0.39 is 4.92 Å². The molecule has 1 fully saturated rings. The minimum Gasteiger partial charge on any atom is -0.379 e. The molecule has 1 aliphatic heterocycles. The monoisotopic (exact) mass is 268 g/mol. The number of rotatable bonds is 5. The first-order valence-electron chi connectivity index (χ1n) is 6.49. The second-order valence-corrected chi connectivity index (χ2v) is 5.42. The minimum absolute atomic E-state index is 0.0412. The fourth-order valence-corrected chi connectivity index (χ4v) is 2.11. The Morgan fingerprint density at radius 1 is 1.47 bits per heavy atom. The molecule has 0 radical (unpaired) electrons. The summed E-state index contributed by atoms with van der Waals surface area (Å²) in [4.78, 5) is 12.6. The fraction of sp³-hybridized carbons (Fsp3) is 0.750. The summed E-state index contributed by atoms with van der Waals surface area (Å²) in [7, 11) is 0. The summed E-state index contributed by atoms with van der Waals surface area (Å²) in [5, 5.41) is 14.8. The van der Waals surface area contributed by atoms with Crippen molar-refractivity contribution in [1.82, 2.24) is 14.7 Å². The maximum Gasteiger partial charge on any atom is 0.307 e. The van der Waals surface area contributed by atoms with E-state index >= 15 is 0 Å². The smallest absolute Gasteiger partial charge is 0.307 e. The lowest BCUT2D eigenvalue weighted by atomic mass is 10.0. The van der Waals surface area contributed by atoms with E-state index in [1.54, 1.807) is 4.68 Å². The van der Waals surface area contributed by atoms with E-state index in [0.29, 0.717) is 0 Å². The first-order valence-corrected chi connectivity index (χ1v) is 6.49. The van der Waals surface area contributed by atoms with Crippen molar-refractivity contribution in [3.63, 3.8) is 0 Å². The summed E-state index contributed by atoms with van der Waals surface area (Å²) >= 11 is 0. The lowest BCUT2D eigenvalue weighted by Crippen LogP contribution is -2.40. The Labute approximate surface area is 112 Å². The predicted octanol–water partition coefficient (Wildman–Crippen LogP) is 1.25. The van der Waals surface area contributed by atoms with Gasteiger partial charge >= 0.3 is 5.69 Å². The van der Waals surface area contributed by atoms with Crippen LogP contribution in [0.3, 0.4) is 0 Å². The highest BCUT2D eigenvalue weighted by molar-refractivity contribution is 5.21. The lowest BCUT2D eigenvalue weighted by molar-refractivity contribution is -0.385. The zero-order valence-corrected chi connectivity index (χ0v) is 11.4. The third-order valence-corrected chi connectivity index (χ3v) is 3.54. The Bertz CT molecular complexity index is 438. The highest BCUT2D eigenvalue weighted by Gasteiger charge is 2.24. The number of ether oxygens (including phenoxy) is 1. The molecule has 1 aliphatic rings. The van der Waals surface area contributed by atoms with Crippen LogP contribution in [0.4, 0.5) is 5.69 Å². The molecule has 0 saturated carbocycles. The van der Waals surface area contributed by atoms with Gasteiger partial charge in [0, 0.05) is 19.6 Å². The number of aromatic nitrogens is 2. The molecule has 0 aliphatic carbocycles. The maximum absolute atomic E-state index is 10.7. The van der Waals surface area contributed by atoms with E-state index in [2.05, 4.69) is 10.00 Å². The van der Waals surface area contributed by atoms with Crippen molar-refractivity contribution in [2.75, 3.05) is 32.8 Å². The van der Waals surface area contributed by atoms with Crippen molar-refractivity contribution in [3.05, 3.63) is 22.5 Å². The summed E-state index contributed by atoms with van der Waals surface area (Å²) in [5.41, 5.74) is -0.188. The number of morpholine rings is 1. The van der Waals surface area contributed by atoms with Crippen LogP contribution in [0.1, 0.15) is 20.3 Å². The van der Waals surface area contributed by atoms with Gasteiger partial charge in [-0.3, -0.25) is 19.7 Å². The second-order valence-electron chi connectivity index (χ2n) is 5.42. The molecule has 106 valence electrons. The van der Waals surface area contributed by atoms with E-state index in [-0.39, 0.29) is 11.2 Å². The van der Waals surface area contributed by atoms with Crippen LogP contribution in [-0.2, 0) is 10.3 Å². The van der Waals surface area contributed by atoms with Crippen LogP contribution in [0.15, 0.2) is 12.4 Å². The molecule has 2 heterocycles. The van der Waals surface area contributed by atoms with Crippen molar-refractivity contribution in [2.45, 2.75) is 25.8 Å².